The minimum Gasteiger partial charge on any atom is -0.396 e. The van der Waals surface area contributed by atoms with Gasteiger partial charge in [0.05, 0.1) is 26.4 Å². The largest absolute Gasteiger partial charge is 0.396 e. The summed E-state index contributed by atoms with van der Waals surface area (Å²) in [6.07, 6.45) is 4.31. The van der Waals surface area contributed by atoms with Gasteiger partial charge < -0.3 is 15.3 Å². The first kappa shape index (κ1) is 17.2. The zero-order chi connectivity index (χ0) is 16.7. The Kier molecular flexibility index (Phi) is 4.47. The lowest BCUT2D eigenvalue weighted by Gasteiger charge is -2.61. The molecule has 0 unspecified atom stereocenters. The summed E-state index contributed by atoms with van der Waals surface area (Å²) >= 11 is 0. The molecular formula is C19H30O3Si. The topological polar surface area (TPSA) is 60.7 Å². The predicted molar refractivity (Wildman–Crippen MR) is 95.5 cm³/mol. The number of hydrogen-bond acceptors (Lipinski definition) is 3. The molecule has 3 N–H and O–H groups in total. The lowest BCUT2D eigenvalue weighted by molar-refractivity contribution is -0.183. The molecule has 2 saturated carbocycles. The smallest absolute Gasteiger partial charge is 0.0845 e. The van der Waals surface area contributed by atoms with Crippen molar-refractivity contribution in [3.8, 4) is 0 Å². The molecule has 1 aromatic carbocycles. The van der Waals surface area contributed by atoms with E-state index in [1.165, 1.54) is 5.19 Å². The van der Waals surface area contributed by atoms with Crippen molar-refractivity contribution in [2.75, 3.05) is 6.61 Å². The molecule has 0 bridgehead atoms. The molecule has 4 heteroatoms. The van der Waals surface area contributed by atoms with Gasteiger partial charge in [-0.1, -0.05) is 61.5 Å². The second kappa shape index (κ2) is 5.99. The average Bonchev–Trinajstić information content (AvgIpc) is 2.54. The van der Waals surface area contributed by atoms with Crippen molar-refractivity contribution in [2.24, 2.45) is 5.41 Å². The highest BCUT2D eigenvalue weighted by atomic mass is 28.3. The van der Waals surface area contributed by atoms with Crippen molar-refractivity contribution in [1.82, 2.24) is 0 Å². The molecule has 2 aliphatic rings. The SMILES string of the molecule is C[Si](C)(c1ccccc1)[C@@H]1C[C@@H](O)C[C@@]2(O)CCCC[C@@]12CO. The molecule has 3 nitrogen and oxygen atoms in total. The van der Waals surface area contributed by atoms with Gasteiger partial charge in [0.2, 0.25) is 0 Å². The van der Waals surface area contributed by atoms with Gasteiger partial charge in [0, 0.05) is 11.8 Å². The monoisotopic (exact) mass is 334 g/mol. The standard InChI is InChI=1S/C19H30O3Si/c1-23(2,16-8-4-3-5-9-16)17-12-15(21)13-19(22)11-7-6-10-18(17,19)14-20/h3-5,8-9,15,17,20-22H,6-7,10-14H2,1-2H3/t15-,17-,18-,19+/m1/s1. The summed E-state index contributed by atoms with van der Waals surface area (Å²) in [5.41, 5.74) is -1.17. The number of rotatable bonds is 3. The van der Waals surface area contributed by atoms with Gasteiger partial charge in [-0.05, 0) is 24.8 Å². The van der Waals surface area contributed by atoms with E-state index in [1.54, 1.807) is 0 Å². The summed E-state index contributed by atoms with van der Waals surface area (Å²) < 4.78 is 0. The summed E-state index contributed by atoms with van der Waals surface area (Å²) in [4.78, 5) is 0. The Balaban J connectivity index is 2.08. The van der Waals surface area contributed by atoms with Crippen LogP contribution in [-0.4, -0.2) is 41.7 Å². The third-order valence-electron chi connectivity index (χ3n) is 6.81. The zero-order valence-electron chi connectivity index (χ0n) is 14.3. The van der Waals surface area contributed by atoms with Crippen LogP contribution >= 0.6 is 0 Å². The molecule has 2 aliphatic carbocycles. The molecule has 0 spiro atoms. The van der Waals surface area contributed by atoms with Crippen LogP contribution < -0.4 is 5.19 Å². The number of hydrogen-bond donors (Lipinski definition) is 3. The van der Waals surface area contributed by atoms with Gasteiger partial charge >= 0.3 is 0 Å². The molecule has 4 atom stereocenters. The van der Waals surface area contributed by atoms with Gasteiger partial charge in [0.1, 0.15) is 0 Å². The Hall–Kier alpha value is -0.683. The van der Waals surface area contributed by atoms with Crippen molar-refractivity contribution in [3.05, 3.63) is 30.3 Å². The fraction of sp³-hybridized carbons (Fsp3) is 0.684. The van der Waals surface area contributed by atoms with Gasteiger partial charge in [-0.3, -0.25) is 0 Å². The highest BCUT2D eigenvalue weighted by Crippen LogP contribution is 2.61. The van der Waals surface area contributed by atoms with Crippen LogP contribution in [0.15, 0.2) is 30.3 Å². The van der Waals surface area contributed by atoms with Gasteiger partial charge in [-0.25, -0.2) is 0 Å². The van der Waals surface area contributed by atoms with E-state index in [1.807, 2.05) is 6.07 Å². The van der Waals surface area contributed by atoms with E-state index in [0.29, 0.717) is 19.3 Å². The molecule has 0 heterocycles. The number of fused-ring (bicyclic) bond motifs is 1. The summed E-state index contributed by atoms with van der Waals surface area (Å²) in [5, 5.41) is 33.6. The van der Waals surface area contributed by atoms with Crippen molar-refractivity contribution in [2.45, 2.75) is 68.9 Å². The van der Waals surface area contributed by atoms with Gasteiger partial charge in [0.25, 0.3) is 0 Å². The molecule has 0 aromatic heterocycles. The molecule has 1 aromatic rings. The van der Waals surface area contributed by atoms with Crippen LogP contribution in [0.1, 0.15) is 38.5 Å². The maximum Gasteiger partial charge on any atom is 0.0845 e. The lowest BCUT2D eigenvalue weighted by atomic mass is 9.56. The Morgan fingerprint density at radius 1 is 1.13 bits per heavy atom. The molecule has 0 amide bonds. The van der Waals surface area contributed by atoms with E-state index in [0.717, 1.165) is 19.3 Å². The van der Waals surface area contributed by atoms with E-state index in [9.17, 15) is 15.3 Å². The summed E-state index contributed by atoms with van der Waals surface area (Å²) in [7, 11) is -1.95. The number of aliphatic hydroxyl groups is 3. The van der Waals surface area contributed by atoms with E-state index >= 15 is 0 Å². The highest BCUT2D eigenvalue weighted by molar-refractivity contribution is 6.91. The third kappa shape index (κ3) is 2.60. The van der Waals surface area contributed by atoms with Crippen molar-refractivity contribution < 1.29 is 15.3 Å². The summed E-state index contributed by atoms with van der Waals surface area (Å²) in [6.45, 7) is 4.69. The third-order valence-corrected chi connectivity index (χ3v) is 11.2. The normalized spacial score (nSPS) is 38.1. The molecule has 128 valence electrons. The molecule has 23 heavy (non-hydrogen) atoms. The molecule has 0 saturated heterocycles. The van der Waals surface area contributed by atoms with Gasteiger partial charge in [-0.2, -0.15) is 0 Å². The summed E-state index contributed by atoms with van der Waals surface area (Å²) in [5.74, 6) is 0. The van der Waals surface area contributed by atoms with Crippen LogP contribution in [-0.2, 0) is 0 Å². The first-order valence-corrected chi connectivity index (χ1v) is 12.0. The van der Waals surface area contributed by atoms with Crippen LogP contribution in [0.5, 0.6) is 0 Å². The van der Waals surface area contributed by atoms with E-state index in [2.05, 4.69) is 37.4 Å². The maximum atomic E-state index is 11.4. The quantitative estimate of drug-likeness (QED) is 0.744. The second-order valence-corrected chi connectivity index (χ2v) is 13.0. The van der Waals surface area contributed by atoms with E-state index < -0.39 is 25.2 Å². The zero-order valence-corrected chi connectivity index (χ0v) is 15.3. The van der Waals surface area contributed by atoms with Crippen molar-refractivity contribution >= 4 is 13.3 Å². The molecular weight excluding hydrogens is 304 g/mol. The Morgan fingerprint density at radius 2 is 1.78 bits per heavy atom. The fourth-order valence-corrected chi connectivity index (χ4v) is 9.71. The van der Waals surface area contributed by atoms with Crippen molar-refractivity contribution in [3.63, 3.8) is 0 Å². The first-order chi connectivity index (χ1) is 10.9. The van der Waals surface area contributed by atoms with Crippen LogP contribution in [0.25, 0.3) is 0 Å². The Labute approximate surface area is 140 Å². The number of aliphatic hydroxyl groups excluding tert-OH is 2. The van der Waals surface area contributed by atoms with Crippen LogP contribution in [0.3, 0.4) is 0 Å². The van der Waals surface area contributed by atoms with Crippen LogP contribution in [0.4, 0.5) is 0 Å². The number of benzene rings is 1. The fourth-order valence-electron chi connectivity index (χ4n) is 5.50. The molecule has 3 rings (SSSR count). The maximum absolute atomic E-state index is 11.4. The first-order valence-electron chi connectivity index (χ1n) is 8.93. The van der Waals surface area contributed by atoms with Gasteiger partial charge in [0.15, 0.2) is 0 Å². The lowest BCUT2D eigenvalue weighted by Crippen LogP contribution is -2.66. The Bertz CT molecular complexity index is 547. The van der Waals surface area contributed by atoms with E-state index in [-0.39, 0.29) is 12.1 Å². The van der Waals surface area contributed by atoms with E-state index in [4.69, 9.17) is 0 Å². The molecule has 0 aliphatic heterocycles. The van der Waals surface area contributed by atoms with Crippen molar-refractivity contribution in [1.29, 1.82) is 0 Å². The van der Waals surface area contributed by atoms with Crippen LogP contribution in [0.2, 0.25) is 18.6 Å². The molecule has 0 radical (unpaired) electrons. The predicted octanol–water partition coefficient (Wildman–Crippen LogP) is 2.41. The highest BCUT2D eigenvalue weighted by Gasteiger charge is 2.62. The minimum atomic E-state index is -1.95. The second-order valence-electron chi connectivity index (χ2n) is 8.29. The van der Waals surface area contributed by atoms with Gasteiger partial charge in [-0.15, -0.1) is 0 Å². The minimum absolute atomic E-state index is 0.0319. The average molecular weight is 335 g/mol. The summed E-state index contributed by atoms with van der Waals surface area (Å²) in [6, 6.07) is 10.5. The van der Waals surface area contributed by atoms with Crippen LogP contribution in [0, 0.1) is 5.41 Å². The molecule has 2 fully saturated rings. The Morgan fingerprint density at radius 3 is 2.43 bits per heavy atom.